The predicted octanol–water partition coefficient (Wildman–Crippen LogP) is 2.25. The number of hydrogen-bond donors (Lipinski definition) is 2. The van der Waals surface area contributed by atoms with Crippen molar-refractivity contribution in [3.05, 3.63) is 22.4 Å². The topological polar surface area (TPSA) is 55.1 Å². The average Bonchev–Trinajstić information content (AvgIpc) is 2.66. The van der Waals surface area contributed by atoms with Gasteiger partial charge < -0.3 is 11.1 Å². The number of thiophene rings is 1. The number of hydrogen-bond acceptors (Lipinski definition) is 3. The Morgan fingerprint density at radius 1 is 1.67 bits per heavy atom. The Hall–Kier alpha value is -0.940. The van der Waals surface area contributed by atoms with E-state index in [0.29, 0.717) is 4.99 Å². The van der Waals surface area contributed by atoms with Crippen LogP contribution >= 0.6 is 23.6 Å². The van der Waals surface area contributed by atoms with Crippen LogP contribution in [0.15, 0.2) is 16.8 Å². The first-order chi connectivity index (χ1) is 8.54. The van der Waals surface area contributed by atoms with Gasteiger partial charge in [0.2, 0.25) is 5.91 Å². The van der Waals surface area contributed by atoms with E-state index in [2.05, 4.69) is 16.8 Å². The third-order valence-corrected chi connectivity index (χ3v) is 4.74. The number of carbonyl (C=O) groups is 1. The van der Waals surface area contributed by atoms with Crippen LogP contribution in [0.1, 0.15) is 31.7 Å². The number of rotatable bonds is 5. The highest BCUT2D eigenvalue weighted by atomic mass is 32.1. The van der Waals surface area contributed by atoms with Crippen molar-refractivity contribution in [3.63, 3.8) is 0 Å². The summed E-state index contributed by atoms with van der Waals surface area (Å²) in [5.74, 6) is 0.00368. The molecule has 1 amide bonds. The van der Waals surface area contributed by atoms with Gasteiger partial charge in [-0.3, -0.25) is 4.79 Å². The predicted molar refractivity (Wildman–Crippen MR) is 78.7 cm³/mol. The van der Waals surface area contributed by atoms with Crippen LogP contribution in [0.2, 0.25) is 0 Å². The Labute approximate surface area is 117 Å². The van der Waals surface area contributed by atoms with Crippen LogP contribution in [-0.2, 0) is 11.2 Å². The van der Waals surface area contributed by atoms with Crippen molar-refractivity contribution in [1.82, 2.24) is 5.32 Å². The van der Waals surface area contributed by atoms with Crippen LogP contribution in [0.5, 0.6) is 0 Å². The van der Waals surface area contributed by atoms with Gasteiger partial charge in [-0.2, -0.15) is 11.3 Å². The Morgan fingerprint density at radius 2 is 2.39 bits per heavy atom. The van der Waals surface area contributed by atoms with Crippen molar-refractivity contribution < 1.29 is 4.79 Å². The molecule has 1 aliphatic carbocycles. The van der Waals surface area contributed by atoms with E-state index < -0.39 is 5.41 Å². The SMILES string of the molecule is CC(Cc1ccsc1)NC(=O)C1(C(N)=S)CCC1. The van der Waals surface area contributed by atoms with Gasteiger partial charge in [-0.05, 0) is 48.6 Å². The summed E-state index contributed by atoms with van der Waals surface area (Å²) in [6.45, 7) is 2.02. The maximum absolute atomic E-state index is 12.3. The summed E-state index contributed by atoms with van der Waals surface area (Å²) >= 11 is 6.72. The second-order valence-electron chi connectivity index (χ2n) is 5.01. The van der Waals surface area contributed by atoms with E-state index in [-0.39, 0.29) is 11.9 Å². The van der Waals surface area contributed by atoms with E-state index in [9.17, 15) is 4.79 Å². The molecule has 1 aromatic heterocycles. The first kappa shape index (κ1) is 13.5. The van der Waals surface area contributed by atoms with E-state index in [1.807, 2.05) is 12.3 Å². The molecule has 18 heavy (non-hydrogen) atoms. The zero-order chi connectivity index (χ0) is 13.2. The molecule has 1 heterocycles. The standard InChI is InChI=1S/C13H18N2OS2/c1-9(7-10-3-6-18-8-10)15-12(16)13(11(14)17)4-2-5-13/h3,6,8-9H,2,4-5,7H2,1H3,(H2,14,17)(H,15,16). The Kier molecular flexibility index (Phi) is 4.02. The zero-order valence-corrected chi connectivity index (χ0v) is 12.1. The minimum absolute atomic E-state index is 0.00368. The second kappa shape index (κ2) is 5.36. The maximum Gasteiger partial charge on any atom is 0.233 e. The first-order valence-electron chi connectivity index (χ1n) is 6.16. The molecule has 0 bridgehead atoms. The lowest BCUT2D eigenvalue weighted by atomic mass is 9.68. The maximum atomic E-state index is 12.3. The molecule has 1 aliphatic rings. The molecule has 1 atom stereocenters. The summed E-state index contributed by atoms with van der Waals surface area (Å²) in [7, 11) is 0. The molecule has 1 unspecified atom stereocenters. The number of amides is 1. The van der Waals surface area contributed by atoms with Crippen molar-refractivity contribution in [1.29, 1.82) is 0 Å². The fraction of sp³-hybridized carbons (Fsp3) is 0.538. The summed E-state index contributed by atoms with van der Waals surface area (Å²) in [5.41, 5.74) is 6.40. The van der Waals surface area contributed by atoms with Crippen LogP contribution in [0.25, 0.3) is 0 Å². The molecule has 0 aliphatic heterocycles. The fourth-order valence-corrected chi connectivity index (χ4v) is 3.27. The lowest BCUT2D eigenvalue weighted by Gasteiger charge is -2.39. The number of thiocarbonyl (C=S) groups is 1. The van der Waals surface area contributed by atoms with Gasteiger partial charge in [0.15, 0.2) is 0 Å². The van der Waals surface area contributed by atoms with Crippen LogP contribution in [0.4, 0.5) is 0 Å². The van der Waals surface area contributed by atoms with E-state index in [4.69, 9.17) is 18.0 Å². The highest BCUT2D eigenvalue weighted by molar-refractivity contribution is 7.80. The van der Waals surface area contributed by atoms with Gasteiger partial charge in [-0.25, -0.2) is 0 Å². The quantitative estimate of drug-likeness (QED) is 0.815. The van der Waals surface area contributed by atoms with Gasteiger partial charge in [0, 0.05) is 6.04 Å². The third-order valence-electron chi connectivity index (χ3n) is 3.61. The third kappa shape index (κ3) is 2.57. The van der Waals surface area contributed by atoms with Crippen molar-refractivity contribution in [2.24, 2.45) is 11.1 Å². The minimum atomic E-state index is -0.571. The van der Waals surface area contributed by atoms with Crippen LogP contribution in [-0.4, -0.2) is 16.9 Å². The Morgan fingerprint density at radius 3 is 2.83 bits per heavy atom. The molecule has 1 aromatic rings. The van der Waals surface area contributed by atoms with Crippen molar-refractivity contribution >= 4 is 34.5 Å². The summed E-state index contributed by atoms with van der Waals surface area (Å²) in [6, 6.07) is 2.19. The van der Waals surface area contributed by atoms with Crippen molar-refractivity contribution in [2.45, 2.75) is 38.6 Å². The molecule has 0 aromatic carbocycles. The summed E-state index contributed by atoms with van der Waals surface area (Å²) in [6.07, 6.45) is 3.46. The number of carbonyl (C=O) groups excluding carboxylic acids is 1. The fourth-order valence-electron chi connectivity index (χ4n) is 2.29. The van der Waals surface area contributed by atoms with E-state index in [1.165, 1.54) is 5.56 Å². The largest absolute Gasteiger partial charge is 0.392 e. The van der Waals surface area contributed by atoms with E-state index in [1.54, 1.807) is 11.3 Å². The van der Waals surface area contributed by atoms with Gasteiger partial charge in [-0.15, -0.1) is 0 Å². The lowest BCUT2D eigenvalue weighted by Crippen LogP contribution is -2.55. The summed E-state index contributed by atoms with van der Waals surface area (Å²) in [4.78, 5) is 12.6. The highest BCUT2D eigenvalue weighted by Crippen LogP contribution is 2.41. The number of nitrogens with one attached hydrogen (secondary N) is 1. The molecule has 0 saturated heterocycles. The summed E-state index contributed by atoms with van der Waals surface area (Å²) < 4.78 is 0. The Balaban J connectivity index is 1.92. The molecular weight excluding hydrogens is 264 g/mol. The van der Waals surface area contributed by atoms with Gasteiger partial charge in [-0.1, -0.05) is 18.6 Å². The minimum Gasteiger partial charge on any atom is -0.392 e. The van der Waals surface area contributed by atoms with Crippen molar-refractivity contribution in [2.75, 3.05) is 0 Å². The van der Waals surface area contributed by atoms with Crippen LogP contribution in [0.3, 0.4) is 0 Å². The first-order valence-corrected chi connectivity index (χ1v) is 7.52. The molecule has 98 valence electrons. The molecule has 3 N–H and O–H groups in total. The van der Waals surface area contributed by atoms with Gasteiger partial charge in [0.1, 0.15) is 0 Å². The normalized spacial score (nSPS) is 18.7. The second-order valence-corrected chi connectivity index (χ2v) is 6.23. The molecule has 2 rings (SSSR count). The van der Waals surface area contributed by atoms with Crippen molar-refractivity contribution in [3.8, 4) is 0 Å². The van der Waals surface area contributed by atoms with Crippen LogP contribution < -0.4 is 11.1 Å². The molecule has 5 heteroatoms. The monoisotopic (exact) mass is 282 g/mol. The highest BCUT2D eigenvalue weighted by Gasteiger charge is 2.47. The van der Waals surface area contributed by atoms with Gasteiger partial charge >= 0.3 is 0 Å². The van der Waals surface area contributed by atoms with Gasteiger partial charge in [0.05, 0.1) is 10.4 Å². The molecule has 1 saturated carbocycles. The zero-order valence-electron chi connectivity index (χ0n) is 10.4. The molecule has 0 spiro atoms. The number of nitrogens with two attached hydrogens (primary N) is 1. The molecular formula is C13H18N2OS2. The Bertz CT molecular complexity index is 438. The van der Waals surface area contributed by atoms with Crippen LogP contribution in [0, 0.1) is 5.41 Å². The molecule has 0 radical (unpaired) electrons. The average molecular weight is 282 g/mol. The lowest BCUT2D eigenvalue weighted by molar-refractivity contribution is -0.131. The molecule has 1 fully saturated rings. The smallest absolute Gasteiger partial charge is 0.233 e. The molecule has 3 nitrogen and oxygen atoms in total. The summed E-state index contributed by atoms with van der Waals surface area (Å²) in [5, 5.41) is 7.19. The van der Waals surface area contributed by atoms with Gasteiger partial charge in [0.25, 0.3) is 0 Å². The van der Waals surface area contributed by atoms with E-state index >= 15 is 0 Å². The van der Waals surface area contributed by atoms with E-state index in [0.717, 1.165) is 25.7 Å².